The van der Waals surface area contributed by atoms with E-state index in [0.29, 0.717) is 11.4 Å². The summed E-state index contributed by atoms with van der Waals surface area (Å²) in [5, 5.41) is 3.99. The molecule has 1 aliphatic rings. The van der Waals surface area contributed by atoms with E-state index in [0.717, 1.165) is 28.9 Å². The van der Waals surface area contributed by atoms with Crippen molar-refractivity contribution in [2.45, 2.75) is 44.7 Å². The summed E-state index contributed by atoms with van der Waals surface area (Å²) in [7, 11) is 0. The van der Waals surface area contributed by atoms with Crippen LogP contribution in [-0.4, -0.2) is 0 Å². The summed E-state index contributed by atoms with van der Waals surface area (Å²) in [6.07, 6.45) is 1.43. The molecule has 0 bridgehead atoms. The Balaban J connectivity index is 1.99. The highest BCUT2D eigenvalue weighted by Gasteiger charge is 2.40. The van der Waals surface area contributed by atoms with Crippen molar-refractivity contribution in [2.24, 2.45) is 0 Å². The van der Waals surface area contributed by atoms with Crippen LogP contribution in [0.25, 0.3) is 0 Å². The highest BCUT2D eigenvalue weighted by Crippen LogP contribution is 2.47. The first kappa shape index (κ1) is 15.4. The van der Waals surface area contributed by atoms with Crippen molar-refractivity contribution >= 4 is 23.0 Å². The smallest absolute Gasteiger partial charge is 0.133 e. The van der Waals surface area contributed by atoms with Crippen LogP contribution in [-0.2, 0) is 11.1 Å². The molecule has 0 aromatic heterocycles. The Morgan fingerprint density at radius 3 is 2.41 bits per heavy atom. The molecule has 1 aliphatic carbocycles. The van der Waals surface area contributed by atoms with Gasteiger partial charge in [-0.05, 0) is 66.6 Å². The maximum atomic E-state index is 14.9. The monoisotopic (exact) mass is 317 g/mol. The molecule has 1 N–H and O–H groups in total. The van der Waals surface area contributed by atoms with Crippen molar-refractivity contribution < 1.29 is 4.39 Å². The van der Waals surface area contributed by atoms with Crippen LogP contribution in [0.3, 0.4) is 0 Å². The van der Waals surface area contributed by atoms with Crippen LogP contribution in [0.4, 0.5) is 15.8 Å². The van der Waals surface area contributed by atoms with Gasteiger partial charge in [-0.3, -0.25) is 0 Å². The van der Waals surface area contributed by atoms with Gasteiger partial charge in [-0.25, -0.2) is 4.39 Å². The molecule has 2 aromatic carbocycles. The van der Waals surface area contributed by atoms with E-state index < -0.39 is 5.67 Å². The minimum atomic E-state index is -1.27. The van der Waals surface area contributed by atoms with Crippen LogP contribution in [0.2, 0.25) is 5.02 Å². The zero-order chi connectivity index (χ0) is 16.0. The van der Waals surface area contributed by atoms with E-state index in [9.17, 15) is 4.39 Å². The standard InChI is InChI=1S/C19H21ClFN/c1-18(2)9-10-19(3,21)17-12-15(7-8-16(17)18)22-14-6-4-5-13(20)11-14/h4-8,11-12,22H,9-10H2,1-3H3. The summed E-state index contributed by atoms with van der Waals surface area (Å²) in [5.41, 5.74) is 2.47. The van der Waals surface area contributed by atoms with Gasteiger partial charge in [0, 0.05) is 16.4 Å². The predicted octanol–water partition coefficient (Wildman–Crippen LogP) is 6.34. The third-order valence-corrected chi connectivity index (χ3v) is 4.88. The molecule has 0 fully saturated rings. The Labute approximate surface area is 136 Å². The van der Waals surface area contributed by atoms with Gasteiger partial charge in [0.1, 0.15) is 5.67 Å². The average Bonchev–Trinajstić information content (AvgIpc) is 2.44. The number of halogens is 2. The zero-order valence-electron chi connectivity index (χ0n) is 13.2. The Kier molecular flexibility index (Phi) is 3.68. The van der Waals surface area contributed by atoms with Crippen LogP contribution in [0.5, 0.6) is 0 Å². The van der Waals surface area contributed by atoms with E-state index in [-0.39, 0.29) is 5.41 Å². The molecule has 1 atom stereocenters. The maximum absolute atomic E-state index is 14.9. The minimum Gasteiger partial charge on any atom is -0.355 e. The van der Waals surface area contributed by atoms with Crippen LogP contribution in [0.15, 0.2) is 42.5 Å². The van der Waals surface area contributed by atoms with Gasteiger partial charge in [0.05, 0.1) is 0 Å². The molecule has 1 nitrogen and oxygen atoms in total. The lowest BCUT2D eigenvalue weighted by Gasteiger charge is -2.39. The van der Waals surface area contributed by atoms with Gasteiger partial charge in [0.2, 0.25) is 0 Å². The SMILES string of the molecule is CC1(C)CCC(C)(F)c2cc(Nc3cccc(Cl)c3)ccc21. The quantitative estimate of drug-likeness (QED) is 0.681. The van der Waals surface area contributed by atoms with Crippen molar-refractivity contribution in [3.63, 3.8) is 0 Å². The van der Waals surface area contributed by atoms with E-state index in [1.54, 1.807) is 6.92 Å². The third kappa shape index (κ3) is 2.85. The lowest BCUT2D eigenvalue weighted by atomic mass is 9.68. The van der Waals surface area contributed by atoms with Crippen LogP contribution >= 0.6 is 11.6 Å². The van der Waals surface area contributed by atoms with Gasteiger partial charge >= 0.3 is 0 Å². The number of fused-ring (bicyclic) bond motifs is 1. The van der Waals surface area contributed by atoms with Gasteiger partial charge in [0.25, 0.3) is 0 Å². The number of alkyl halides is 1. The molecule has 0 saturated carbocycles. The Hall–Kier alpha value is -1.54. The summed E-state index contributed by atoms with van der Waals surface area (Å²) < 4.78 is 14.9. The number of benzene rings is 2. The molecular weight excluding hydrogens is 297 g/mol. The van der Waals surface area contributed by atoms with Gasteiger partial charge in [-0.1, -0.05) is 37.6 Å². The summed E-state index contributed by atoms with van der Waals surface area (Å²) in [4.78, 5) is 0. The van der Waals surface area contributed by atoms with Crippen LogP contribution in [0, 0.1) is 0 Å². The Bertz CT molecular complexity index is 706. The van der Waals surface area contributed by atoms with Gasteiger partial charge in [0.15, 0.2) is 0 Å². The molecule has 116 valence electrons. The molecule has 0 heterocycles. The number of nitrogens with one attached hydrogen (secondary N) is 1. The van der Waals surface area contributed by atoms with Gasteiger partial charge in [-0.15, -0.1) is 0 Å². The summed E-state index contributed by atoms with van der Waals surface area (Å²) in [6, 6.07) is 13.6. The van der Waals surface area contributed by atoms with E-state index in [1.807, 2.05) is 36.4 Å². The van der Waals surface area contributed by atoms with E-state index >= 15 is 0 Å². The first-order valence-corrected chi connectivity index (χ1v) is 8.02. The first-order valence-electron chi connectivity index (χ1n) is 7.64. The predicted molar refractivity (Wildman–Crippen MR) is 91.9 cm³/mol. The normalized spacial score (nSPS) is 23.0. The Morgan fingerprint density at radius 1 is 0.955 bits per heavy atom. The molecule has 0 amide bonds. The van der Waals surface area contributed by atoms with Gasteiger partial charge in [-0.2, -0.15) is 0 Å². The third-order valence-electron chi connectivity index (χ3n) is 4.64. The molecular formula is C19H21ClFN. The van der Waals surface area contributed by atoms with Gasteiger partial charge < -0.3 is 5.32 Å². The fourth-order valence-corrected chi connectivity index (χ4v) is 3.38. The minimum absolute atomic E-state index is 0.0233. The lowest BCUT2D eigenvalue weighted by Crippen LogP contribution is -2.32. The molecule has 3 heteroatoms. The molecule has 0 spiro atoms. The highest BCUT2D eigenvalue weighted by atomic mass is 35.5. The van der Waals surface area contributed by atoms with Crippen LogP contribution < -0.4 is 5.32 Å². The Morgan fingerprint density at radius 2 is 1.68 bits per heavy atom. The molecule has 0 aliphatic heterocycles. The lowest BCUT2D eigenvalue weighted by molar-refractivity contribution is 0.140. The second-order valence-electron chi connectivity index (χ2n) is 6.98. The van der Waals surface area contributed by atoms with Crippen molar-refractivity contribution in [2.75, 3.05) is 5.32 Å². The molecule has 1 unspecified atom stereocenters. The van der Waals surface area contributed by atoms with Crippen molar-refractivity contribution in [1.29, 1.82) is 0 Å². The number of hydrogen-bond donors (Lipinski definition) is 1. The highest BCUT2D eigenvalue weighted by molar-refractivity contribution is 6.30. The first-order chi connectivity index (χ1) is 10.3. The summed E-state index contributed by atoms with van der Waals surface area (Å²) in [5.74, 6) is 0. The van der Waals surface area contributed by atoms with E-state index in [1.165, 1.54) is 0 Å². The van der Waals surface area contributed by atoms with Crippen molar-refractivity contribution in [3.05, 3.63) is 58.6 Å². The molecule has 2 aromatic rings. The fraction of sp³-hybridized carbons (Fsp3) is 0.368. The maximum Gasteiger partial charge on any atom is 0.133 e. The van der Waals surface area contributed by atoms with E-state index in [4.69, 9.17) is 11.6 Å². The van der Waals surface area contributed by atoms with Crippen LogP contribution in [0.1, 0.15) is 44.7 Å². The molecule has 0 radical (unpaired) electrons. The average molecular weight is 318 g/mol. The summed E-state index contributed by atoms with van der Waals surface area (Å²) >= 11 is 6.01. The number of rotatable bonds is 2. The molecule has 22 heavy (non-hydrogen) atoms. The fourth-order valence-electron chi connectivity index (χ4n) is 3.19. The topological polar surface area (TPSA) is 12.0 Å². The zero-order valence-corrected chi connectivity index (χ0v) is 14.0. The van der Waals surface area contributed by atoms with Crippen molar-refractivity contribution in [3.8, 4) is 0 Å². The summed E-state index contributed by atoms with van der Waals surface area (Å²) in [6.45, 7) is 6.06. The second kappa shape index (κ2) is 5.27. The molecule has 3 rings (SSSR count). The van der Waals surface area contributed by atoms with E-state index in [2.05, 4.69) is 25.2 Å². The number of hydrogen-bond acceptors (Lipinski definition) is 1. The number of anilines is 2. The largest absolute Gasteiger partial charge is 0.355 e. The second-order valence-corrected chi connectivity index (χ2v) is 7.41. The molecule has 0 saturated heterocycles. The van der Waals surface area contributed by atoms with Crippen molar-refractivity contribution in [1.82, 2.24) is 0 Å².